The van der Waals surface area contributed by atoms with E-state index < -0.39 is 9.84 Å². The predicted molar refractivity (Wildman–Crippen MR) is 73.8 cm³/mol. The Balaban J connectivity index is 2.37. The van der Waals surface area contributed by atoms with Gasteiger partial charge in [-0.15, -0.1) is 21.5 Å². The van der Waals surface area contributed by atoms with E-state index in [2.05, 4.69) is 25.6 Å². The van der Waals surface area contributed by atoms with Crippen molar-refractivity contribution in [2.75, 3.05) is 6.26 Å². The SMILES string of the molecule is CS(=O)(=O)c1cccc(-c2cncs2)c1-c1nn[nH]n1. The minimum atomic E-state index is -3.41. The number of hydrogen-bond donors (Lipinski definition) is 1. The van der Waals surface area contributed by atoms with E-state index in [1.54, 1.807) is 17.8 Å². The van der Waals surface area contributed by atoms with E-state index in [0.29, 0.717) is 5.56 Å². The smallest absolute Gasteiger partial charge is 0.206 e. The van der Waals surface area contributed by atoms with Crippen LogP contribution in [-0.2, 0) is 9.84 Å². The lowest BCUT2D eigenvalue weighted by molar-refractivity contribution is 0.602. The van der Waals surface area contributed by atoms with Crippen LogP contribution in [0.5, 0.6) is 0 Å². The first-order valence-corrected chi connectivity index (χ1v) is 8.30. The molecule has 2 heterocycles. The van der Waals surface area contributed by atoms with Crippen molar-refractivity contribution in [3.63, 3.8) is 0 Å². The van der Waals surface area contributed by atoms with Gasteiger partial charge in [0.15, 0.2) is 9.84 Å². The van der Waals surface area contributed by atoms with Crippen LogP contribution < -0.4 is 0 Å². The van der Waals surface area contributed by atoms with Gasteiger partial charge in [0.25, 0.3) is 0 Å². The van der Waals surface area contributed by atoms with Crippen molar-refractivity contribution in [1.29, 1.82) is 0 Å². The van der Waals surface area contributed by atoms with Gasteiger partial charge in [0.2, 0.25) is 5.82 Å². The molecule has 0 unspecified atom stereocenters. The summed E-state index contributed by atoms with van der Waals surface area (Å²) in [5, 5.41) is 13.7. The number of aromatic amines is 1. The maximum atomic E-state index is 12.0. The largest absolute Gasteiger partial charge is 0.252 e. The Morgan fingerprint density at radius 1 is 1.30 bits per heavy atom. The van der Waals surface area contributed by atoms with Crippen molar-refractivity contribution in [3.05, 3.63) is 29.9 Å². The summed E-state index contributed by atoms with van der Waals surface area (Å²) >= 11 is 1.41. The minimum Gasteiger partial charge on any atom is -0.252 e. The molecular formula is C11H9N5O2S2. The Bertz CT molecular complexity index is 826. The van der Waals surface area contributed by atoms with E-state index in [0.717, 1.165) is 16.7 Å². The Morgan fingerprint density at radius 2 is 2.15 bits per heavy atom. The van der Waals surface area contributed by atoms with Crippen molar-refractivity contribution >= 4 is 21.2 Å². The molecule has 0 atom stereocenters. The Morgan fingerprint density at radius 3 is 2.75 bits per heavy atom. The third kappa shape index (κ3) is 2.21. The molecular weight excluding hydrogens is 298 g/mol. The average molecular weight is 307 g/mol. The third-order valence-electron chi connectivity index (χ3n) is 2.69. The summed E-state index contributed by atoms with van der Waals surface area (Å²) < 4.78 is 23.9. The molecule has 0 bridgehead atoms. The highest BCUT2D eigenvalue weighted by Gasteiger charge is 2.22. The van der Waals surface area contributed by atoms with Crippen LogP contribution in [0.25, 0.3) is 21.8 Å². The monoisotopic (exact) mass is 307 g/mol. The third-order valence-corrected chi connectivity index (χ3v) is 4.64. The van der Waals surface area contributed by atoms with Gasteiger partial charge in [-0.2, -0.15) is 5.21 Å². The van der Waals surface area contributed by atoms with Gasteiger partial charge in [-0.1, -0.05) is 12.1 Å². The molecule has 20 heavy (non-hydrogen) atoms. The maximum Gasteiger partial charge on any atom is 0.206 e. The second-order valence-electron chi connectivity index (χ2n) is 4.05. The number of nitrogens with zero attached hydrogens (tertiary/aromatic N) is 4. The van der Waals surface area contributed by atoms with Crippen molar-refractivity contribution in [2.45, 2.75) is 4.90 Å². The zero-order valence-electron chi connectivity index (χ0n) is 10.3. The molecule has 0 fully saturated rings. The molecule has 1 aromatic carbocycles. The van der Waals surface area contributed by atoms with Crippen LogP contribution in [-0.4, -0.2) is 40.3 Å². The molecule has 7 nitrogen and oxygen atoms in total. The van der Waals surface area contributed by atoms with Crippen LogP contribution in [0, 0.1) is 0 Å². The van der Waals surface area contributed by atoms with Crippen molar-refractivity contribution in [3.8, 4) is 21.8 Å². The molecule has 0 aliphatic carbocycles. The number of H-pyrrole nitrogens is 1. The molecule has 0 saturated carbocycles. The summed E-state index contributed by atoms with van der Waals surface area (Å²) in [6, 6.07) is 5.04. The number of tetrazole rings is 1. The zero-order chi connectivity index (χ0) is 14.2. The second-order valence-corrected chi connectivity index (χ2v) is 6.92. The van der Waals surface area contributed by atoms with E-state index in [9.17, 15) is 8.42 Å². The lowest BCUT2D eigenvalue weighted by Gasteiger charge is -2.09. The molecule has 3 rings (SSSR count). The van der Waals surface area contributed by atoms with Crippen LogP contribution in [0.3, 0.4) is 0 Å². The second kappa shape index (κ2) is 4.76. The summed E-state index contributed by atoms with van der Waals surface area (Å²) in [4.78, 5) is 5.03. The molecule has 0 aliphatic heterocycles. The van der Waals surface area contributed by atoms with E-state index in [4.69, 9.17) is 0 Å². The normalized spacial score (nSPS) is 11.7. The highest BCUT2D eigenvalue weighted by atomic mass is 32.2. The lowest BCUT2D eigenvalue weighted by atomic mass is 10.1. The molecule has 0 spiro atoms. The molecule has 102 valence electrons. The Kier molecular flexibility index (Phi) is 3.07. The van der Waals surface area contributed by atoms with E-state index in [1.807, 2.05) is 6.07 Å². The minimum absolute atomic E-state index is 0.171. The number of benzene rings is 1. The first-order chi connectivity index (χ1) is 9.57. The molecule has 3 aromatic rings. The highest BCUT2D eigenvalue weighted by Crippen LogP contribution is 2.36. The van der Waals surface area contributed by atoms with Crippen LogP contribution in [0.1, 0.15) is 0 Å². The maximum absolute atomic E-state index is 12.0. The molecule has 1 N–H and O–H groups in total. The van der Waals surface area contributed by atoms with Gasteiger partial charge in [0, 0.05) is 18.0 Å². The van der Waals surface area contributed by atoms with Gasteiger partial charge >= 0.3 is 0 Å². The molecule has 0 saturated heterocycles. The summed E-state index contributed by atoms with van der Waals surface area (Å²) in [5.41, 5.74) is 2.84. The van der Waals surface area contributed by atoms with E-state index in [-0.39, 0.29) is 10.7 Å². The van der Waals surface area contributed by atoms with Crippen molar-refractivity contribution < 1.29 is 8.42 Å². The van der Waals surface area contributed by atoms with E-state index in [1.165, 1.54) is 17.4 Å². The van der Waals surface area contributed by atoms with Gasteiger partial charge < -0.3 is 0 Å². The molecule has 0 aliphatic rings. The molecule has 0 amide bonds. The lowest BCUT2D eigenvalue weighted by Crippen LogP contribution is -2.02. The highest BCUT2D eigenvalue weighted by molar-refractivity contribution is 7.90. The number of rotatable bonds is 3. The fraction of sp³-hybridized carbons (Fsp3) is 0.0909. The van der Waals surface area contributed by atoms with Crippen LogP contribution in [0.2, 0.25) is 0 Å². The van der Waals surface area contributed by atoms with Crippen molar-refractivity contribution in [2.24, 2.45) is 0 Å². The molecule has 2 aromatic heterocycles. The summed E-state index contributed by atoms with van der Waals surface area (Å²) in [6.45, 7) is 0. The van der Waals surface area contributed by atoms with Crippen LogP contribution in [0.4, 0.5) is 0 Å². The van der Waals surface area contributed by atoms with Gasteiger partial charge in [0.1, 0.15) is 0 Å². The number of sulfone groups is 1. The average Bonchev–Trinajstić information content (AvgIpc) is 3.10. The summed E-state index contributed by atoms with van der Waals surface area (Å²) in [5.74, 6) is 0.245. The van der Waals surface area contributed by atoms with Crippen molar-refractivity contribution in [1.82, 2.24) is 25.6 Å². The van der Waals surface area contributed by atoms with Gasteiger partial charge in [-0.3, -0.25) is 4.98 Å². The first-order valence-electron chi connectivity index (χ1n) is 5.53. The Labute approximate surface area is 118 Å². The predicted octanol–water partition coefficient (Wildman–Crippen LogP) is 1.39. The van der Waals surface area contributed by atoms with Crippen LogP contribution >= 0.6 is 11.3 Å². The van der Waals surface area contributed by atoms with Gasteiger partial charge in [0.05, 0.1) is 20.8 Å². The van der Waals surface area contributed by atoms with Gasteiger partial charge in [-0.05, 0) is 11.3 Å². The number of thiazole rings is 1. The van der Waals surface area contributed by atoms with Gasteiger partial charge in [-0.25, -0.2) is 8.42 Å². The van der Waals surface area contributed by atoms with E-state index >= 15 is 0 Å². The van der Waals surface area contributed by atoms with Crippen LogP contribution in [0.15, 0.2) is 34.8 Å². The first kappa shape index (κ1) is 12.9. The fourth-order valence-corrected chi connectivity index (χ4v) is 3.44. The fourth-order valence-electron chi connectivity index (χ4n) is 1.89. The summed E-state index contributed by atoms with van der Waals surface area (Å²) in [6.07, 6.45) is 2.83. The quantitative estimate of drug-likeness (QED) is 0.784. The zero-order valence-corrected chi connectivity index (χ0v) is 11.9. The standard InChI is InChI=1S/C11H9N5O2S2/c1-20(17,18)9-4-2-3-7(8-5-12-6-19-8)10(9)11-13-15-16-14-11/h2-6H,1H3,(H,13,14,15,16). The number of nitrogens with one attached hydrogen (secondary N) is 1. The molecule has 0 radical (unpaired) electrons. The summed E-state index contributed by atoms with van der Waals surface area (Å²) in [7, 11) is -3.41. The topological polar surface area (TPSA) is 101 Å². The Hall–Kier alpha value is -2.13. The molecule has 9 heteroatoms. The number of hydrogen-bond acceptors (Lipinski definition) is 7. The number of aromatic nitrogens is 5.